The molecule has 0 atom stereocenters. The van der Waals surface area contributed by atoms with E-state index in [0.29, 0.717) is 5.56 Å². The normalized spacial score (nSPS) is 11.1. The van der Waals surface area contributed by atoms with E-state index < -0.39 is 24.7 Å². The van der Waals surface area contributed by atoms with Crippen LogP contribution in [0.15, 0.2) is 60.8 Å². The van der Waals surface area contributed by atoms with Crippen molar-refractivity contribution in [3.8, 4) is 22.8 Å². The maximum Gasteiger partial charge on any atom is 0.422 e. The van der Waals surface area contributed by atoms with Crippen LogP contribution in [0.5, 0.6) is 11.6 Å². The molecule has 1 amide bonds. The number of benzene rings is 2. The molecule has 2 aromatic carbocycles. The van der Waals surface area contributed by atoms with Gasteiger partial charge in [0, 0.05) is 23.4 Å². The lowest BCUT2D eigenvalue weighted by Crippen LogP contribution is -2.19. The van der Waals surface area contributed by atoms with Crippen LogP contribution < -0.4 is 14.8 Å². The number of ether oxygens (including phenoxy) is 2. The third kappa shape index (κ3) is 5.84. The first-order chi connectivity index (χ1) is 14.2. The van der Waals surface area contributed by atoms with Crippen molar-refractivity contribution in [1.82, 2.24) is 4.98 Å². The number of hydrogen-bond donors (Lipinski definition) is 1. The summed E-state index contributed by atoms with van der Waals surface area (Å²) in [6.45, 7) is -1.48. The Kier molecular flexibility index (Phi) is 6.41. The third-order valence-corrected chi connectivity index (χ3v) is 3.99. The fraction of sp³-hybridized carbons (Fsp3) is 0.100. The van der Waals surface area contributed by atoms with Gasteiger partial charge in [-0.3, -0.25) is 5.32 Å². The van der Waals surface area contributed by atoms with Crippen molar-refractivity contribution in [3.05, 3.63) is 71.6 Å². The zero-order valence-electron chi connectivity index (χ0n) is 15.0. The van der Waals surface area contributed by atoms with E-state index in [-0.39, 0.29) is 27.9 Å². The number of pyridine rings is 1. The number of alkyl halides is 3. The molecule has 0 radical (unpaired) electrons. The molecule has 156 valence electrons. The summed E-state index contributed by atoms with van der Waals surface area (Å²) < 4.78 is 60.5. The number of para-hydroxylation sites is 1. The number of amides is 1. The molecule has 0 aliphatic carbocycles. The highest BCUT2D eigenvalue weighted by molar-refractivity contribution is 6.33. The molecule has 1 aromatic heterocycles. The van der Waals surface area contributed by atoms with Crippen LogP contribution in [0.1, 0.15) is 0 Å². The number of hydrogen-bond acceptors (Lipinski definition) is 4. The highest BCUT2D eigenvalue weighted by Crippen LogP contribution is 2.33. The Morgan fingerprint density at radius 2 is 1.83 bits per heavy atom. The third-order valence-electron chi connectivity index (χ3n) is 3.68. The Hall–Kier alpha value is -3.33. The number of nitrogens with one attached hydrogen (secondary N) is 1. The molecule has 3 rings (SSSR count). The monoisotopic (exact) mass is 440 g/mol. The maximum atomic E-state index is 14.4. The van der Waals surface area contributed by atoms with Crippen LogP contribution in [0.25, 0.3) is 11.1 Å². The lowest BCUT2D eigenvalue weighted by Gasteiger charge is -2.12. The van der Waals surface area contributed by atoms with Crippen LogP contribution in [0, 0.1) is 5.82 Å². The zero-order chi connectivity index (χ0) is 21.7. The van der Waals surface area contributed by atoms with Gasteiger partial charge in [0.1, 0.15) is 11.6 Å². The lowest BCUT2D eigenvalue weighted by atomic mass is 10.1. The number of nitrogens with zero attached hydrogens (tertiary/aromatic N) is 1. The van der Waals surface area contributed by atoms with Crippen LogP contribution in [0.3, 0.4) is 0 Å². The van der Waals surface area contributed by atoms with Crippen LogP contribution in [-0.2, 0) is 0 Å². The number of carbonyl (C=O) groups excluding carboxylic acids is 1. The van der Waals surface area contributed by atoms with E-state index in [1.54, 1.807) is 30.3 Å². The van der Waals surface area contributed by atoms with E-state index in [1.165, 1.54) is 24.4 Å². The van der Waals surface area contributed by atoms with Gasteiger partial charge in [0.2, 0.25) is 5.88 Å². The Morgan fingerprint density at radius 1 is 1.10 bits per heavy atom. The molecular formula is C20H13ClF4N2O3. The molecule has 0 saturated heterocycles. The van der Waals surface area contributed by atoms with E-state index in [1.807, 2.05) is 0 Å². The number of anilines is 1. The molecule has 0 spiro atoms. The highest BCUT2D eigenvalue weighted by atomic mass is 35.5. The Bertz CT molecular complexity index is 1030. The summed E-state index contributed by atoms with van der Waals surface area (Å²) in [5.41, 5.74) is 0.366. The second-order valence-corrected chi connectivity index (χ2v) is 6.34. The summed E-state index contributed by atoms with van der Waals surface area (Å²) in [6, 6.07) is 13.0. The lowest BCUT2D eigenvalue weighted by molar-refractivity contribution is -0.154. The molecule has 0 saturated carbocycles. The Morgan fingerprint density at radius 3 is 2.47 bits per heavy atom. The van der Waals surface area contributed by atoms with Crippen molar-refractivity contribution < 1.29 is 31.8 Å². The summed E-state index contributed by atoms with van der Waals surface area (Å²) in [5, 5.41) is 2.34. The van der Waals surface area contributed by atoms with E-state index in [2.05, 4.69) is 15.0 Å². The molecule has 3 aromatic rings. The molecular weight excluding hydrogens is 428 g/mol. The number of rotatable bonds is 5. The topological polar surface area (TPSA) is 60.5 Å². The molecule has 10 heteroatoms. The average Bonchev–Trinajstić information content (AvgIpc) is 2.69. The van der Waals surface area contributed by atoms with Crippen molar-refractivity contribution in [3.63, 3.8) is 0 Å². The number of halogens is 5. The summed E-state index contributed by atoms with van der Waals surface area (Å²) in [4.78, 5) is 15.7. The molecule has 0 aliphatic rings. The molecule has 1 N–H and O–H groups in total. The Labute approximate surface area is 173 Å². The number of carbonyl (C=O) groups is 1. The first-order valence-corrected chi connectivity index (χ1v) is 8.78. The first kappa shape index (κ1) is 21.4. The molecule has 5 nitrogen and oxygen atoms in total. The molecule has 0 bridgehead atoms. The van der Waals surface area contributed by atoms with Crippen molar-refractivity contribution >= 4 is 23.4 Å². The average molecular weight is 441 g/mol. The van der Waals surface area contributed by atoms with Gasteiger partial charge in [-0.05, 0) is 30.3 Å². The van der Waals surface area contributed by atoms with E-state index >= 15 is 0 Å². The second kappa shape index (κ2) is 9.00. The molecule has 0 aliphatic heterocycles. The summed E-state index contributed by atoms with van der Waals surface area (Å²) in [5.74, 6) is -0.761. The van der Waals surface area contributed by atoms with Gasteiger partial charge in [0.15, 0.2) is 6.61 Å². The molecule has 0 unspecified atom stereocenters. The largest absolute Gasteiger partial charge is 0.468 e. The first-order valence-electron chi connectivity index (χ1n) is 8.40. The van der Waals surface area contributed by atoms with Crippen LogP contribution in [0.4, 0.5) is 28.0 Å². The standard InChI is InChI=1S/C20H13ClF4N2O3/c21-15-9-17(27-19(28)30-13-4-2-1-3-5-13)16(22)8-14(15)12-6-7-18(26-10-12)29-11-20(23,24)25/h1-10H,11H2,(H,27,28). The van der Waals surface area contributed by atoms with Gasteiger partial charge < -0.3 is 9.47 Å². The van der Waals surface area contributed by atoms with Gasteiger partial charge in [0.05, 0.1) is 10.7 Å². The van der Waals surface area contributed by atoms with Gasteiger partial charge >= 0.3 is 12.3 Å². The smallest absolute Gasteiger partial charge is 0.422 e. The van der Waals surface area contributed by atoms with Crippen molar-refractivity contribution in [2.75, 3.05) is 11.9 Å². The van der Waals surface area contributed by atoms with Crippen molar-refractivity contribution in [2.45, 2.75) is 6.18 Å². The van der Waals surface area contributed by atoms with Crippen LogP contribution in [0.2, 0.25) is 5.02 Å². The summed E-state index contributed by atoms with van der Waals surface area (Å²) in [6.07, 6.45) is -4.20. The zero-order valence-corrected chi connectivity index (χ0v) is 15.8. The van der Waals surface area contributed by atoms with Gasteiger partial charge in [-0.25, -0.2) is 14.2 Å². The summed E-state index contributed by atoms with van der Waals surface area (Å²) in [7, 11) is 0. The second-order valence-electron chi connectivity index (χ2n) is 5.93. The van der Waals surface area contributed by atoms with Gasteiger partial charge in [-0.1, -0.05) is 29.8 Å². The fourth-order valence-corrected chi connectivity index (χ4v) is 2.65. The summed E-state index contributed by atoms with van der Waals surface area (Å²) >= 11 is 6.17. The predicted molar refractivity (Wildman–Crippen MR) is 102 cm³/mol. The van der Waals surface area contributed by atoms with Gasteiger partial charge in [-0.15, -0.1) is 0 Å². The van der Waals surface area contributed by atoms with E-state index in [0.717, 1.165) is 6.07 Å². The van der Waals surface area contributed by atoms with Crippen molar-refractivity contribution in [1.29, 1.82) is 0 Å². The number of aromatic nitrogens is 1. The Balaban J connectivity index is 1.72. The molecule has 0 fully saturated rings. The minimum Gasteiger partial charge on any atom is -0.468 e. The molecule has 30 heavy (non-hydrogen) atoms. The minimum absolute atomic E-state index is 0.0807. The SMILES string of the molecule is O=C(Nc1cc(Cl)c(-c2ccc(OCC(F)(F)F)nc2)cc1F)Oc1ccccc1. The minimum atomic E-state index is -4.49. The van der Waals surface area contributed by atoms with E-state index in [4.69, 9.17) is 16.3 Å². The predicted octanol–water partition coefficient (Wildman–Crippen LogP) is 6.09. The van der Waals surface area contributed by atoms with E-state index in [9.17, 15) is 22.4 Å². The van der Waals surface area contributed by atoms with Gasteiger partial charge in [0.25, 0.3) is 0 Å². The van der Waals surface area contributed by atoms with Gasteiger partial charge in [-0.2, -0.15) is 13.2 Å². The maximum absolute atomic E-state index is 14.4. The fourth-order valence-electron chi connectivity index (χ4n) is 2.38. The quantitative estimate of drug-likeness (QED) is 0.487. The highest BCUT2D eigenvalue weighted by Gasteiger charge is 2.28. The van der Waals surface area contributed by atoms with Crippen molar-refractivity contribution in [2.24, 2.45) is 0 Å². The van der Waals surface area contributed by atoms with Crippen LogP contribution >= 0.6 is 11.6 Å². The molecule has 1 heterocycles. The van der Waals surface area contributed by atoms with Crippen LogP contribution in [-0.4, -0.2) is 23.9 Å².